The van der Waals surface area contributed by atoms with Gasteiger partial charge in [0, 0.05) is 14.2 Å². The number of rotatable bonds is 6. The predicted octanol–water partition coefficient (Wildman–Crippen LogP) is 2.07. The summed E-state index contributed by atoms with van der Waals surface area (Å²) in [7, 11) is 3.32. The van der Waals surface area contributed by atoms with Gasteiger partial charge < -0.3 is 15.2 Å². The number of guanidine groups is 1. The first-order chi connectivity index (χ1) is 13.5. The highest BCUT2D eigenvalue weighted by atomic mass is 16.5. The Labute approximate surface area is 166 Å². The van der Waals surface area contributed by atoms with Gasteiger partial charge in [0.05, 0.1) is 30.9 Å². The van der Waals surface area contributed by atoms with Crippen LogP contribution in [-0.4, -0.2) is 50.2 Å². The van der Waals surface area contributed by atoms with Gasteiger partial charge in [0.1, 0.15) is 0 Å². The summed E-state index contributed by atoms with van der Waals surface area (Å²) in [6.07, 6.45) is 3.59. The van der Waals surface area contributed by atoms with E-state index in [1.165, 1.54) is 4.90 Å². The number of nitrogens with two attached hydrogens (primary N) is 1. The quantitative estimate of drug-likeness (QED) is 0.809. The summed E-state index contributed by atoms with van der Waals surface area (Å²) in [4.78, 5) is 20.0. The fourth-order valence-electron chi connectivity index (χ4n) is 4.48. The van der Waals surface area contributed by atoms with Gasteiger partial charge in [-0.2, -0.15) is 5.26 Å². The van der Waals surface area contributed by atoms with Crippen molar-refractivity contribution in [1.82, 2.24) is 4.90 Å². The van der Waals surface area contributed by atoms with E-state index in [1.807, 2.05) is 13.0 Å². The minimum atomic E-state index is -1.09. The van der Waals surface area contributed by atoms with Crippen molar-refractivity contribution in [1.29, 1.82) is 5.26 Å². The Kier molecular flexibility index (Phi) is 6.01. The number of aryl methyl sites for hydroxylation is 1. The molecule has 28 heavy (non-hydrogen) atoms. The lowest BCUT2D eigenvalue weighted by molar-refractivity contribution is -0.135. The van der Waals surface area contributed by atoms with Gasteiger partial charge in [0.15, 0.2) is 11.5 Å². The summed E-state index contributed by atoms with van der Waals surface area (Å²) in [5.41, 5.74) is 7.35. The van der Waals surface area contributed by atoms with Crippen LogP contribution in [0.25, 0.3) is 0 Å². The summed E-state index contributed by atoms with van der Waals surface area (Å²) in [6, 6.07) is 7.63. The molecule has 1 amide bonds. The van der Waals surface area contributed by atoms with E-state index >= 15 is 0 Å². The lowest BCUT2D eigenvalue weighted by atomic mass is 9.69. The number of aliphatic imine (C=N–C) groups is 1. The Morgan fingerprint density at radius 3 is 2.64 bits per heavy atom. The molecule has 1 aliphatic carbocycles. The van der Waals surface area contributed by atoms with Crippen LogP contribution >= 0.6 is 0 Å². The largest absolute Gasteiger partial charge is 0.383 e. The van der Waals surface area contributed by atoms with Crippen LogP contribution in [0.3, 0.4) is 0 Å². The maximum atomic E-state index is 13.7. The van der Waals surface area contributed by atoms with Crippen LogP contribution in [0.4, 0.5) is 0 Å². The molecule has 3 rings (SSSR count). The van der Waals surface area contributed by atoms with Crippen molar-refractivity contribution in [2.45, 2.75) is 44.2 Å². The van der Waals surface area contributed by atoms with Crippen LogP contribution in [0.15, 0.2) is 23.2 Å². The molecule has 2 N–H and O–H groups in total. The lowest BCUT2D eigenvalue weighted by Gasteiger charge is -2.39. The van der Waals surface area contributed by atoms with E-state index in [0.717, 1.165) is 36.8 Å². The maximum absolute atomic E-state index is 13.7. The van der Waals surface area contributed by atoms with Crippen LogP contribution in [-0.2, 0) is 19.8 Å². The van der Waals surface area contributed by atoms with Crippen molar-refractivity contribution in [2.24, 2.45) is 16.6 Å². The number of carbonyl (C=O) groups is 1. The van der Waals surface area contributed by atoms with Crippen LogP contribution in [0.5, 0.6) is 0 Å². The average Bonchev–Trinajstić information content (AvgIpc) is 2.97. The Balaban J connectivity index is 2.09. The standard InChI is InChI=1S/C21H28N4O3/c1-14-4-5-15(13-22)12-18(14)21(16-6-8-17(28-3)9-7-16)19(26)25(10-11-27-2)20(23)24-21/h4-5,12,16-17H,6-11H2,1-3H3,(H2,23,24)/t16-,17-,21?. The molecule has 1 heterocycles. The van der Waals surface area contributed by atoms with Gasteiger partial charge in [-0.1, -0.05) is 6.07 Å². The molecule has 0 radical (unpaired) electrons. The lowest BCUT2D eigenvalue weighted by Crippen LogP contribution is -2.48. The third-order valence-corrected chi connectivity index (χ3v) is 6.03. The fourth-order valence-corrected chi connectivity index (χ4v) is 4.48. The number of carbonyl (C=O) groups excluding carboxylic acids is 1. The Morgan fingerprint density at radius 2 is 2.04 bits per heavy atom. The minimum absolute atomic E-state index is 0.00476. The SMILES string of the molecule is COCCN1C(=O)C(c2cc(C#N)ccc2C)([C@H]2CC[C@H](OC)CC2)N=C1N. The molecule has 1 atom stereocenters. The van der Waals surface area contributed by atoms with Gasteiger partial charge >= 0.3 is 0 Å². The predicted molar refractivity (Wildman–Crippen MR) is 106 cm³/mol. The maximum Gasteiger partial charge on any atom is 0.262 e. The molecule has 1 saturated carbocycles. The summed E-state index contributed by atoms with van der Waals surface area (Å²) in [5, 5.41) is 9.40. The van der Waals surface area contributed by atoms with E-state index in [0.29, 0.717) is 18.7 Å². The third kappa shape index (κ3) is 3.38. The normalized spacial score (nSPS) is 27.6. The summed E-state index contributed by atoms with van der Waals surface area (Å²) >= 11 is 0. The molecule has 0 saturated heterocycles. The van der Waals surface area contributed by atoms with Crippen LogP contribution < -0.4 is 5.73 Å². The number of benzene rings is 1. The first-order valence-electron chi connectivity index (χ1n) is 9.68. The third-order valence-electron chi connectivity index (χ3n) is 6.03. The van der Waals surface area contributed by atoms with Gasteiger partial charge in [-0.25, -0.2) is 4.99 Å². The summed E-state index contributed by atoms with van der Waals surface area (Å²) in [6.45, 7) is 2.69. The molecule has 1 aliphatic heterocycles. The number of hydrogen-bond donors (Lipinski definition) is 1. The molecular formula is C21H28N4O3. The number of hydrogen-bond acceptors (Lipinski definition) is 6. The van der Waals surface area contributed by atoms with Crippen molar-refractivity contribution in [2.75, 3.05) is 27.4 Å². The second-order valence-corrected chi connectivity index (χ2v) is 7.54. The molecule has 1 aromatic rings. The molecule has 1 aromatic carbocycles. The molecule has 0 bridgehead atoms. The molecule has 1 unspecified atom stereocenters. The molecule has 2 aliphatic rings. The zero-order valence-electron chi connectivity index (χ0n) is 16.8. The Morgan fingerprint density at radius 1 is 1.32 bits per heavy atom. The van der Waals surface area contributed by atoms with Gasteiger partial charge in [0.2, 0.25) is 0 Å². The number of nitriles is 1. The van der Waals surface area contributed by atoms with Crippen molar-refractivity contribution in [3.8, 4) is 6.07 Å². The topological polar surface area (TPSA) is 101 Å². The smallest absolute Gasteiger partial charge is 0.262 e. The second kappa shape index (κ2) is 8.29. The van der Waals surface area contributed by atoms with E-state index in [2.05, 4.69) is 6.07 Å². The van der Waals surface area contributed by atoms with Crippen LogP contribution in [0.2, 0.25) is 0 Å². The highest BCUT2D eigenvalue weighted by Gasteiger charge is 2.55. The van der Waals surface area contributed by atoms with Crippen LogP contribution in [0, 0.1) is 24.2 Å². The van der Waals surface area contributed by atoms with Gasteiger partial charge in [-0.05, 0) is 61.8 Å². The average molecular weight is 384 g/mol. The van der Waals surface area contributed by atoms with Crippen molar-refractivity contribution in [3.05, 3.63) is 34.9 Å². The van der Waals surface area contributed by atoms with Gasteiger partial charge in [-0.15, -0.1) is 0 Å². The molecule has 0 spiro atoms. The monoisotopic (exact) mass is 384 g/mol. The van der Waals surface area contributed by atoms with Gasteiger partial charge in [0.25, 0.3) is 5.91 Å². The van der Waals surface area contributed by atoms with E-state index < -0.39 is 5.54 Å². The zero-order chi connectivity index (χ0) is 20.3. The van der Waals surface area contributed by atoms with Crippen molar-refractivity contribution in [3.63, 3.8) is 0 Å². The first-order valence-corrected chi connectivity index (χ1v) is 9.68. The number of nitrogens with zero attached hydrogens (tertiary/aromatic N) is 3. The Hall–Kier alpha value is -2.43. The molecule has 7 nitrogen and oxygen atoms in total. The molecule has 7 heteroatoms. The number of methoxy groups -OCH3 is 2. The number of amides is 1. The van der Waals surface area contributed by atoms with Gasteiger partial charge in [-0.3, -0.25) is 9.69 Å². The van der Waals surface area contributed by atoms with Crippen molar-refractivity contribution >= 4 is 11.9 Å². The molecule has 0 aromatic heterocycles. The molecule has 150 valence electrons. The van der Waals surface area contributed by atoms with E-state index in [4.69, 9.17) is 20.2 Å². The van der Waals surface area contributed by atoms with E-state index in [1.54, 1.807) is 26.4 Å². The van der Waals surface area contributed by atoms with E-state index in [-0.39, 0.29) is 23.9 Å². The second-order valence-electron chi connectivity index (χ2n) is 7.54. The highest BCUT2D eigenvalue weighted by Crippen LogP contribution is 2.47. The van der Waals surface area contributed by atoms with Crippen LogP contribution in [0.1, 0.15) is 42.4 Å². The molecular weight excluding hydrogens is 356 g/mol. The fraction of sp³-hybridized carbons (Fsp3) is 0.571. The summed E-state index contributed by atoms with van der Waals surface area (Å²) < 4.78 is 10.7. The first kappa shape index (κ1) is 20.3. The number of ether oxygens (including phenoxy) is 2. The van der Waals surface area contributed by atoms with E-state index in [9.17, 15) is 10.1 Å². The van der Waals surface area contributed by atoms with Crippen molar-refractivity contribution < 1.29 is 14.3 Å². The minimum Gasteiger partial charge on any atom is -0.383 e. The Bertz CT molecular complexity index is 808. The summed E-state index contributed by atoms with van der Waals surface area (Å²) in [5.74, 6) is 0.101. The molecule has 1 fully saturated rings. The zero-order valence-corrected chi connectivity index (χ0v) is 16.8. The highest BCUT2D eigenvalue weighted by molar-refractivity contribution is 6.07.